The number of terminal acetylenes is 1. The van der Waals surface area contributed by atoms with Crippen molar-refractivity contribution in [1.29, 1.82) is 0 Å². The second-order valence-corrected chi connectivity index (χ2v) is 3.91. The fraction of sp³-hybridized carbons (Fsp3) is 0.231. The largest absolute Gasteiger partial charge is 0.332 e. The number of urea groups is 1. The fourth-order valence-corrected chi connectivity index (χ4v) is 1.73. The highest BCUT2D eigenvalue weighted by Gasteiger charge is 2.36. The van der Waals surface area contributed by atoms with Gasteiger partial charge in [-0.15, -0.1) is 6.42 Å². The summed E-state index contributed by atoms with van der Waals surface area (Å²) >= 11 is 0. The molecule has 0 saturated carbocycles. The van der Waals surface area contributed by atoms with E-state index in [4.69, 9.17) is 6.42 Å². The molecule has 0 bridgehead atoms. The Morgan fingerprint density at radius 1 is 1.29 bits per heavy atom. The smallest absolute Gasteiger partial charge is 0.303 e. The zero-order chi connectivity index (χ0) is 12.4. The molecular formula is C13H12N2O2. The first-order valence-corrected chi connectivity index (χ1v) is 5.25. The predicted octanol–water partition coefficient (Wildman–Crippen LogP) is 1.40. The summed E-state index contributed by atoms with van der Waals surface area (Å²) in [6.45, 7) is 2.16. The van der Waals surface area contributed by atoms with Crippen LogP contribution in [0.2, 0.25) is 0 Å². The lowest BCUT2D eigenvalue weighted by atomic mass is 10.2. The Kier molecular flexibility index (Phi) is 2.84. The first-order valence-electron chi connectivity index (χ1n) is 5.25. The molecule has 3 amide bonds. The molecule has 0 atom stereocenters. The first kappa shape index (κ1) is 11.2. The third-order valence-electron chi connectivity index (χ3n) is 2.61. The van der Waals surface area contributed by atoms with Crippen LogP contribution in [0.5, 0.6) is 0 Å². The monoisotopic (exact) mass is 228 g/mol. The maximum absolute atomic E-state index is 11.9. The Balaban J connectivity index is 2.28. The SMILES string of the molecule is C#CCN1CC(=O)N(c2ccc(C)cc2)C1=O. The number of hydrogen-bond acceptors (Lipinski definition) is 2. The molecule has 1 aromatic carbocycles. The second-order valence-electron chi connectivity index (χ2n) is 3.91. The van der Waals surface area contributed by atoms with Crippen molar-refractivity contribution in [3.05, 3.63) is 29.8 Å². The highest BCUT2D eigenvalue weighted by Crippen LogP contribution is 2.21. The molecule has 1 aliphatic heterocycles. The minimum Gasteiger partial charge on any atom is -0.303 e. The Bertz CT molecular complexity index is 499. The molecule has 0 N–H and O–H groups in total. The van der Waals surface area contributed by atoms with E-state index in [9.17, 15) is 9.59 Å². The molecule has 0 spiro atoms. The normalized spacial score (nSPS) is 15.3. The molecule has 0 aromatic heterocycles. The van der Waals surface area contributed by atoms with Crippen molar-refractivity contribution >= 4 is 17.6 Å². The Morgan fingerprint density at radius 2 is 1.94 bits per heavy atom. The number of amides is 3. The van der Waals surface area contributed by atoms with Crippen LogP contribution in [0, 0.1) is 19.3 Å². The molecular weight excluding hydrogens is 216 g/mol. The van der Waals surface area contributed by atoms with Gasteiger partial charge in [-0.3, -0.25) is 4.79 Å². The van der Waals surface area contributed by atoms with Crippen LogP contribution in [-0.4, -0.2) is 29.9 Å². The van der Waals surface area contributed by atoms with Gasteiger partial charge in [-0.25, -0.2) is 9.69 Å². The van der Waals surface area contributed by atoms with Gasteiger partial charge in [-0.1, -0.05) is 23.6 Å². The Hall–Kier alpha value is -2.28. The molecule has 1 aliphatic rings. The van der Waals surface area contributed by atoms with Gasteiger partial charge in [0.2, 0.25) is 0 Å². The topological polar surface area (TPSA) is 40.6 Å². The minimum absolute atomic E-state index is 0.0525. The summed E-state index contributed by atoms with van der Waals surface area (Å²) in [5.74, 6) is 2.13. The quantitative estimate of drug-likeness (QED) is 0.567. The summed E-state index contributed by atoms with van der Waals surface area (Å²) in [5.41, 5.74) is 1.67. The average molecular weight is 228 g/mol. The third-order valence-corrected chi connectivity index (χ3v) is 2.61. The summed E-state index contributed by atoms with van der Waals surface area (Å²) in [5, 5.41) is 0. The van der Waals surface area contributed by atoms with Crippen LogP contribution in [0.4, 0.5) is 10.5 Å². The molecule has 1 heterocycles. The van der Waals surface area contributed by atoms with Gasteiger partial charge < -0.3 is 4.90 Å². The van der Waals surface area contributed by atoms with Gasteiger partial charge in [0.1, 0.15) is 6.54 Å². The standard InChI is InChI=1S/C13H12N2O2/c1-3-8-14-9-12(16)15(13(14)17)11-6-4-10(2)5-7-11/h1,4-7H,8-9H2,2H3. The lowest BCUT2D eigenvalue weighted by Gasteiger charge is -2.15. The number of imide groups is 1. The highest BCUT2D eigenvalue weighted by molar-refractivity contribution is 6.19. The van der Waals surface area contributed by atoms with E-state index < -0.39 is 0 Å². The zero-order valence-electron chi connectivity index (χ0n) is 9.51. The lowest BCUT2D eigenvalue weighted by Crippen LogP contribution is -2.33. The van der Waals surface area contributed by atoms with Crippen LogP contribution < -0.4 is 4.90 Å². The second kappa shape index (κ2) is 4.30. The van der Waals surface area contributed by atoms with Crippen molar-refractivity contribution in [2.24, 2.45) is 0 Å². The third kappa shape index (κ3) is 2.00. The summed E-state index contributed by atoms with van der Waals surface area (Å²) in [7, 11) is 0. The number of nitrogens with zero attached hydrogens (tertiary/aromatic N) is 2. The molecule has 4 heteroatoms. The number of carbonyl (C=O) groups excluding carboxylic acids is 2. The number of rotatable bonds is 2. The van der Waals surface area contributed by atoms with E-state index in [0.717, 1.165) is 10.5 Å². The van der Waals surface area contributed by atoms with E-state index in [2.05, 4.69) is 5.92 Å². The maximum atomic E-state index is 11.9. The molecule has 86 valence electrons. The van der Waals surface area contributed by atoms with E-state index in [-0.39, 0.29) is 25.0 Å². The van der Waals surface area contributed by atoms with Crippen LogP contribution in [0.1, 0.15) is 5.56 Å². The van der Waals surface area contributed by atoms with Crippen molar-refractivity contribution in [2.75, 3.05) is 18.0 Å². The lowest BCUT2D eigenvalue weighted by molar-refractivity contribution is -0.116. The van der Waals surface area contributed by atoms with Gasteiger partial charge in [-0.2, -0.15) is 0 Å². The molecule has 0 unspecified atom stereocenters. The zero-order valence-corrected chi connectivity index (χ0v) is 9.51. The van der Waals surface area contributed by atoms with E-state index in [1.807, 2.05) is 19.1 Å². The number of benzene rings is 1. The van der Waals surface area contributed by atoms with Crippen LogP contribution in [0.15, 0.2) is 24.3 Å². The molecule has 1 saturated heterocycles. The van der Waals surface area contributed by atoms with Crippen LogP contribution >= 0.6 is 0 Å². The highest BCUT2D eigenvalue weighted by atomic mass is 16.2. The van der Waals surface area contributed by atoms with Gasteiger partial charge in [0.05, 0.1) is 12.2 Å². The van der Waals surface area contributed by atoms with E-state index >= 15 is 0 Å². The summed E-state index contributed by atoms with van der Waals surface area (Å²) in [6, 6.07) is 6.88. The van der Waals surface area contributed by atoms with Crippen molar-refractivity contribution in [3.8, 4) is 12.3 Å². The minimum atomic E-state index is -0.350. The van der Waals surface area contributed by atoms with Gasteiger partial charge in [0.15, 0.2) is 0 Å². The molecule has 0 radical (unpaired) electrons. The van der Waals surface area contributed by atoms with Crippen molar-refractivity contribution in [2.45, 2.75) is 6.92 Å². The molecule has 17 heavy (non-hydrogen) atoms. The fourth-order valence-electron chi connectivity index (χ4n) is 1.73. The van der Waals surface area contributed by atoms with Crippen molar-refractivity contribution in [3.63, 3.8) is 0 Å². The van der Waals surface area contributed by atoms with Crippen molar-refractivity contribution in [1.82, 2.24) is 4.90 Å². The number of hydrogen-bond donors (Lipinski definition) is 0. The van der Waals surface area contributed by atoms with Gasteiger partial charge in [-0.05, 0) is 19.1 Å². The first-order chi connectivity index (χ1) is 8.13. The van der Waals surface area contributed by atoms with Crippen LogP contribution in [-0.2, 0) is 4.79 Å². The number of aryl methyl sites for hydroxylation is 1. The molecule has 4 nitrogen and oxygen atoms in total. The summed E-state index contributed by atoms with van der Waals surface area (Å²) in [4.78, 5) is 26.2. The maximum Gasteiger partial charge on any atom is 0.332 e. The molecule has 1 fully saturated rings. The Labute approximate surface area is 99.8 Å². The predicted molar refractivity (Wildman–Crippen MR) is 64.5 cm³/mol. The van der Waals surface area contributed by atoms with E-state index in [1.54, 1.807) is 12.1 Å². The number of anilines is 1. The van der Waals surface area contributed by atoms with Gasteiger partial charge >= 0.3 is 6.03 Å². The summed E-state index contributed by atoms with van der Waals surface area (Å²) in [6.07, 6.45) is 5.15. The van der Waals surface area contributed by atoms with Gasteiger partial charge in [0.25, 0.3) is 5.91 Å². The van der Waals surface area contributed by atoms with Crippen molar-refractivity contribution < 1.29 is 9.59 Å². The molecule has 2 rings (SSSR count). The van der Waals surface area contributed by atoms with E-state index in [1.165, 1.54) is 4.90 Å². The average Bonchev–Trinajstić information content (AvgIpc) is 2.57. The van der Waals surface area contributed by atoms with E-state index in [0.29, 0.717) is 5.69 Å². The Morgan fingerprint density at radius 3 is 2.53 bits per heavy atom. The molecule has 1 aromatic rings. The van der Waals surface area contributed by atoms with Gasteiger partial charge in [0, 0.05) is 0 Å². The van der Waals surface area contributed by atoms with Crippen LogP contribution in [0.25, 0.3) is 0 Å². The molecule has 0 aliphatic carbocycles. The number of carbonyl (C=O) groups is 2. The summed E-state index contributed by atoms with van der Waals surface area (Å²) < 4.78 is 0. The van der Waals surface area contributed by atoms with Crippen LogP contribution in [0.3, 0.4) is 0 Å².